The normalized spacial score (nSPS) is 10.0. The smallest absolute Gasteiger partial charge is 0.165 e. The van der Waals surface area contributed by atoms with Gasteiger partial charge in [-0.05, 0) is 6.08 Å². The molecular formula is C9H9N5. The number of fused-ring (bicyclic) bond motifs is 1. The van der Waals surface area contributed by atoms with Crippen LogP contribution in [0.5, 0.6) is 0 Å². The first-order valence-corrected chi connectivity index (χ1v) is 4.08. The van der Waals surface area contributed by atoms with Crippen molar-refractivity contribution in [3.05, 3.63) is 31.0 Å². The van der Waals surface area contributed by atoms with Gasteiger partial charge in [-0.25, -0.2) is 15.0 Å². The number of hydrogen-bond acceptors (Lipinski definition) is 4. The van der Waals surface area contributed by atoms with Gasteiger partial charge in [0.2, 0.25) is 0 Å². The van der Waals surface area contributed by atoms with Crippen LogP contribution in [-0.4, -0.2) is 19.5 Å². The molecule has 2 N–H and O–H groups in total. The number of aromatic nitrogens is 4. The van der Waals surface area contributed by atoms with Crippen molar-refractivity contribution in [1.82, 2.24) is 19.5 Å². The maximum atomic E-state index is 5.63. The Labute approximate surface area is 80.6 Å². The molecule has 0 aliphatic carbocycles. The van der Waals surface area contributed by atoms with Crippen LogP contribution in [0.15, 0.2) is 31.0 Å². The van der Waals surface area contributed by atoms with Crippen molar-refractivity contribution in [2.24, 2.45) is 0 Å². The van der Waals surface area contributed by atoms with Crippen LogP contribution in [0, 0.1) is 0 Å². The molecule has 2 aromatic rings. The van der Waals surface area contributed by atoms with Gasteiger partial charge in [-0.1, -0.05) is 6.58 Å². The molecule has 0 atom stereocenters. The predicted octanol–water partition coefficient (Wildman–Crippen LogP) is 0.750. The lowest BCUT2D eigenvalue weighted by atomic mass is 10.5. The van der Waals surface area contributed by atoms with Crippen molar-refractivity contribution in [1.29, 1.82) is 0 Å². The highest BCUT2D eigenvalue weighted by Crippen LogP contribution is 2.13. The molecule has 0 saturated carbocycles. The fourth-order valence-corrected chi connectivity index (χ4v) is 1.20. The Kier molecular flexibility index (Phi) is 2.01. The molecule has 0 unspecified atom stereocenters. The Bertz CT molecular complexity index is 507. The largest absolute Gasteiger partial charge is 0.382 e. The van der Waals surface area contributed by atoms with Crippen LogP contribution in [0.2, 0.25) is 0 Å². The average Bonchev–Trinajstić information content (AvgIpc) is 2.60. The van der Waals surface area contributed by atoms with Crippen LogP contribution in [0.25, 0.3) is 11.2 Å². The lowest BCUT2D eigenvalue weighted by Gasteiger charge is -1.97. The Balaban J connectivity index is 2.57. The van der Waals surface area contributed by atoms with Gasteiger partial charge < -0.3 is 10.3 Å². The van der Waals surface area contributed by atoms with Gasteiger partial charge in [-0.2, -0.15) is 0 Å². The van der Waals surface area contributed by atoms with Crippen molar-refractivity contribution in [3.8, 4) is 0 Å². The number of hydrogen-bond donors (Lipinski definition) is 1. The summed E-state index contributed by atoms with van der Waals surface area (Å²) in [7, 11) is 0. The predicted molar refractivity (Wildman–Crippen MR) is 53.4 cm³/mol. The fourth-order valence-electron chi connectivity index (χ4n) is 1.20. The van der Waals surface area contributed by atoms with Crippen molar-refractivity contribution in [2.75, 3.05) is 5.73 Å². The zero-order valence-electron chi connectivity index (χ0n) is 7.51. The first kappa shape index (κ1) is 8.47. The number of rotatable bonds is 2. The second-order valence-electron chi connectivity index (χ2n) is 2.74. The van der Waals surface area contributed by atoms with Gasteiger partial charge in [-0.3, -0.25) is 0 Å². The van der Waals surface area contributed by atoms with E-state index >= 15 is 0 Å². The molecule has 5 heteroatoms. The minimum Gasteiger partial charge on any atom is -0.382 e. The van der Waals surface area contributed by atoms with Crippen LogP contribution in [0.1, 0.15) is 0 Å². The van der Waals surface area contributed by atoms with Crippen molar-refractivity contribution in [2.45, 2.75) is 6.54 Å². The molecule has 0 spiro atoms. The molecule has 5 nitrogen and oxygen atoms in total. The molecule has 70 valence electrons. The minimum atomic E-state index is 0.399. The van der Waals surface area contributed by atoms with E-state index in [0.717, 1.165) is 5.65 Å². The van der Waals surface area contributed by atoms with E-state index in [-0.39, 0.29) is 0 Å². The zero-order chi connectivity index (χ0) is 9.97. The third kappa shape index (κ3) is 1.26. The number of allylic oxidation sites excluding steroid dienone is 1. The SMILES string of the molecule is C=C=CCn1cnc2c(N)ncnc21. The van der Waals surface area contributed by atoms with Crippen molar-refractivity contribution >= 4 is 17.0 Å². The zero-order valence-corrected chi connectivity index (χ0v) is 7.51. The molecule has 0 aliphatic heterocycles. The second kappa shape index (κ2) is 3.32. The summed E-state index contributed by atoms with van der Waals surface area (Å²) in [5, 5.41) is 0. The molecule has 0 aromatic carbocycles. The standard InChI is InChI=1S/C9H9N5/c1-2-3-4-14-6-13-7-8(10)11-5-12-9(7)14/h3,5-6H,1,4H2,(H2,10,11,12). The third-order valence-corrected chi connectivity index (χ3v) is 1.86. The van der Waals surface area contributed by atoms with Gasteiger partial charge in [0.05, 0.1) is 12.9 Å². The quantitative estimate of drug-likeness (QED) is 0.704. The van der Waals surface area contributed by atoms with Gasteiger partial charge in [0.15, 0.2) is 11.5 Å². The maximum Gasteiger partial charge on any atom is 0.165 e. The summed E-state index contributed by atoms with van der Waals surface area (Å²) in [6.07, 6.45) is 4.89. The average molecular weight is 187 g/mol. The Hall–Kier alpha value is -2.13. The lowest BCUT2D eigenvalue weighted by molar-refractivity contribution is 0.837. The molecular weight excluding hydrogens is 178 g/mol. The monoisotopic (exact) mass is 187 g/mol. The van der Waals surface area contributed by atoms with Crippen molar-refractivity contribution in [3.63, 3.8) is 0 Å². The molecule has 0 saturated heterocycles. The third-order valence-electron chi connectivity index (χ3n) is 1.86. The number of imidazole rings is 1. The van der Waals surface area contributed by atoms with E-state index in [4.69, 9.17) is 5.73 Å². The Morgan fingerprint density at radius 2 is 2.36 bits per heavy atom. The molecule has 0 bridgehead atoms. The number of anilines is 1. The summed E-state index contributed by atoms with van der Waals surface area (Å²) >= 11 is 0. The van der Waals surface area contributed by atoms with Gasteiger partial charge in [0, 0.05) is 0 Å². The highest BCUT2D eigenvalue weighted by molar-refractivity contribution is 5.81. The molecule has 0 aliphatic rings. The Morgan fingerprint density at radius 3 is 3.14 bits per heavy atom. The van der Waals surface area contributed by atoms with Crippen LogP contribution >= 0.6 is 0 Å². The molecule has 0 radical (unpaired) electrons. The second-order valence-corrected chi connectivity index (χ2v) is 2.74. The lowest BCUT2D eigenvalue weighted by Crippen LogP contribution is -1.97. The molecule has 0 fully saturated rings. The summed E-state index contributed by atoms with van der Waals surface area (Å²) < 4.78 is 1.85. The van der Waals surface area contributed by atoms with Gasteiger partial charge >= 0.3 is 0 Å². The first-order chi connectivity index (χ1) is 6.83. The number of nitrogens with zero attached hydrogens (tertiary/aromatic N) is 4. The van der Waals surface area contributed by atoms with Crippen LogP contribution in [-0.2, 0) is 6.54 Å². The molecule has 2 aromatic heterocycles. The van der Waals surface area contributed by atoms with Gasteiger partial charge in [0.25, 0.3) is 0 Å². The Morgan fingerprint density at radius 1 is 1.50 bits per heavy atom. The van der Waals surface area contributed by atoms with E-state index in [0.29, 0.717) is 17.9 Å². The molecule has 0 amide bonds. The summed E-state index contributed by atoms with van der Waals surface area (Å²) in [6.45, 7) is 4.12. The molecule has 14 heavy (non-hydrogen) atoms. The molecule has 2 heterocycles. The van der Waals surface area contributed by atoms with E-state index in [2.05, 4.69) is 27.3 Å². The molecule has 2 rings (SSSR count). The minimum absolute atomic E-state index is 0.399. The van der Waals surface area contributed by atoms with E-state index in [1.165, 1.54) is 6.33 Å². The van der Waals surface area contributed by atoms with Gasteiger partial charge in [-0.15, -0.1) is 5.73 Å². The van der Waals surface area contributed by atoms with Gasteiger partial charge in [0.1, 0.15) is 11.8 Å². The maximum absolute atomic E-state index is 5.63. The van der Waals surface area contributed by atoms with Crippen molar-refractivity contribution < 1.29 is 0 Å². The van der Waals surface area contributed by atoms with E-state index < -0.39 is 0 Å². The van der Waals surface area contributed by atoms with E-state index in [9.17, 15) is 0 Å². The number of nitrogen functional groups attached to an aromatic ring is 1. The fraction of sp³-hybridized carbons (Fsp3) is 0.111. The van der Waals surface area contributed by atoms with Crippen LogP contribution in [0.3, 0.4) is 0 Å². The van der Waals surface area contributed by atoms with Crippen LogP contribution < -0.4 is 5.73 Å². The topological polar surface area (TPSA) is 69.6 Å². The summed E-state index contributed by atoms with van der Waals surface area (Å²) in [4.78, 5) is 12.1. The summed E-state index contributed by atoms with van der Waals surface area (Å²) in [5.41, 5.74) is 9.68. The van der Waals surface area contributed by atoms with E-state index in [1.807, 2.05) is 4.57 Å². The number of nitrogens with two attached hydrogens (primary N) is 1. The van der Waals surface area contributed by atoms with Crippen LogP contribution in [0.4, 0.5) is 5.82 Å². The summed E-state index contributed by atoms with van der Waals surface area (Å²) in [5.74, 6) is 0.399. The highest BCUT2D eigenvalue weighted by Gasteiger charge is 2.05. The van der Waals surface area contributed by atoms with E-state index in [1.54, 1.807) is 12.4 Å². The highest BCUT2D eigenvalue weighted by atomic mass is 15.1. The summed E-state index contributed by atoms with van der Waals surface area (Å²) in [6, 6.07) is 0. The first-order valence-electron chi connectivity index (χ1n) is 4.08.